The highest BCUT2D eigenvalue weighted by molar-refractivity contribution is 5.80. The second-order valence-electron chi connectivity index (χ2n) is 7.63. The van der Waals surface area contributed by atoms with E-state index in [-0.39, 0.29) is 11.5 Å². The molecule has 0 amide bonds. The largest absolute Gasteiger partial charge is 0.497 e. The SMILES string of the molecule is CCNC(=NCC1(c2ccc(OC)cc2)CCCCC1)N1CC[C@@H](O)C1. The van der Waals surface area contributed by atoms with E-state index in [4.69, 9.17) is 9.73 Å². The minimum Gasteiger partial charge on any atom is -0.497 e. The second kappa shape index (κ2) is 8.76. The summed E-state index contributed by atoms with van der Waals surface area (Å²) in [5.74, 6) is 1.85. The zero-order chi connectivity index (χ0) is 18.4. The van der Waals surface area contributed by atoms with Crippen molar-refractivity contribution in [1.82, 2.24) is 10.2 Å². The van der Waals surface area contributed by atoms with Crippen LogP contribution in [0.25, 0.3) is 0 Å². The number of ether oxygens (including phenoxy) is 1. The van der Waals surface area contributed by atoms with Crippen LogP contribution in [0.1, 0.15) is 51.0 Å². The first-order valence-electron chi connectivity index (χ1n) is 10.0. The zero-order valence-corrected chi connectivity index (χ0v) is 16.2. The first kappa shape index (κ1) is 19.0. The summed E-state index contributed by atoms with van der Waals surface area (Å²) in [6.07, 6.45) is 6.81. The number of benzene rings is 1. The number of aliphatic imine (C=N–C) groups is 1. The van der Waals surface area contributed by atoms with E-state index in [0.717, 1.165) is 37.8 Å². The molecule has 0 bridgehead atoms. The number of guanidine groups is 1. The highest BCUT2D eigenvalue weighted by Gasteiger charge is 2.34. The molecule has 1 aromatic carbocycles. The van der Waals surface area contributed by atoms with E-state index in [1.54, 1.807) is 7.11 Å². The van der Waals surface area contributed by atoms with Crippen molar-refractivity contribution in [3.05, 3.63) is 29.8 Å². The van der Waals surface area contributed by atoms with E-state index in [0.29, 0.717) is 6.54 Å². The summed E-state index contributed by atoms with van der Waals surface area (Å²) in [4.78, 5) is 7.23. The quantitative estimate of drug-likeness (QED) is 0.627. The molecule has 1 atom stereocenters. The molecular weight excluding hydrogens is 326 g/mol. The molecule has 0 unspecified atom stereocenters. The van der Waals surface area contributed by atoms with Crippen molar-refractivity contribution in [3.63, 3.8) is 0 Å². The molecule has 26 heavy (non-hydrogen) atoms. The molecule has 1 saturated carbocycles. The molecule has 0 aromatic heterocycles. The first-order valence-corrected chi connectivity index (χ1v) is 10.0. The Kier molecular flexibility index (Phi) is 6.41. The fourth-order valence-corrected chi connectivity index (χ4v) is 4.30. The number of hydrogen-bond donors (Lipinski definition) is 2. The third-order valence-electron chi connectivity index (χ3n) is 5.84. The highest BCUT2D eigenvalue weighted by Crippen LogP contribution is 2.40. The normalized spacial score (nSPS) is 23.1. The van der Waals surface area contributed by atoms with Gasteiger partial charge in [0, 0.05) is 25.0 Å². The van der Waals surface area contributed by atoms with Crippen LogP contribution in [0, 0.1) is 0 Å². The summed E-state index contributed by atoms with van der Waals surface area (Å²) in [5.41, 5.74) is 1.49. The smallest absolute Gasteiger partial charge is 0.194 e. The fraction of sp³-hybridized carbons (Fsp3) is 0.667. The van der Waals surface area contributed by atoms with Crippen LogP contribution < -0.4 is 10.1 Å². The van der Waals surface area contributed by atoms with Gasteiger partial charge >= 0.3 is 0 Å². The summed E-state index contributed by atoms with van der Waals surface area (Å²) < 4.78 is 5.33. The molecule has 5 heteroatoms. The Balaban J connectivity index is 1.82. The van der Waals surface area contributed by atoms with E-state index in [2.05, 4.69) is 41.4 Å². The van der Waals surface area contributed by atoms with Crippen molar-refractivity contribution < 1.29 is 9.84 Å². The minimum atomic E-state index is -0.232. The Morgan fingerprint density at radius 2 is 2.00 bits per heavy atom. The van der Waals surface area contributed by atoms with E-state index in [1.807, 2.05) is 0 Å². The lowest BCUT2D eigenvalue weighted by atomic mass is 9.69. The van der Waals surface area contributed by atoms with Crippen LogP contribution in [0.3, 0.4) is 0 Å². The summed E-state index contributed by atoms with van der Waals surface area (Å²) in [6.45, 7) is 5.31. The van der Waals surface area contributed by atoms with Gasteiger partial charge in [-0.05, 0) is 43.9 Å². The first-order chi connectivity index (χ1) is 12.7. The highest BCUT2D eigenvalue weighted by atomic mass is 16.5. The fourth-order valence-electron chi connectivity index (χ4n) is 4.30. The molecule has 2 aliphatic rings. The number of aliphatic hydroxyl groups excluding tert-OH is 1. The van der Waals surface area contributed by atoms with Crippen LogP contribution >= 0.6 is 0 Å². The maximum atomic E-state index is 9.88. The molecule has 144 valence electrons. The molecule has 1 heterocycles. The van der Waals surface area contributed by atoms with Gasteiger partial charge in [-0.1, -0.05) is 31.4 Å². The molecule has 1 aromatic rings. The topological polar surface area (TPSA) is 57.1 Å². The zero-order valence-electron chi connectivity index (χ0n) is 16.2. The number of hydrogen-bond acceptors (Lipinski definition) is 3. The lowest BCUT2D eigenvalue weighted by Crippen LogP contribution is -2.42. The van der Waals surface area contributed by atoms with Gasteiger partial charge < -0.3 is 20.1 Å². The molecule has 5 nitrogen and oxygen atoms in total. The number of rotatable bonds is 5. The van der Waals surface area contributed by atoms with Crippen LogP contribution in [-0.2, 0) is 5.41 Å². The maximum absolute atomic E-state index is 9.88. The van der Waals surface area contributed by atoms with Crippen molar-refractivity contribution >= 4 is 5.96 Å². The van der Waals surface area contributed by atoms with Gasteiger partial charge in [0.1, 0.15) is 5.75 Å². The monoisotopic (exact) mass is 359 g/mol. The van der Waals surface area contributed by atoms with Crippen molar-refractivity contribution in [2.75, 3.05) is 33.3 Å². The summed E-state index contributed by atoms with van der Waals surface area (Å²) in [7, 11) is 1.71. The standard InChI is InChI=1S/C21H33N3O2/c1-3-22-20(24-14-11-18(25)15-24)23-16-21(12-5-4-6-13-21)17-7-9-19(26-2)10-8-17/h7-10,18,25H,3-6,11-16H2,1-2H3,(H,22,23)/t18-/m1/s1. The van der Waals surface area contributed by atoms with E-state index in [1.165, 1.54) is 37.7 Å². The summed E-state index contributed by atoms with van der Waals surface area (Å²) >= 11 is 0. The van der Waals surface area contributed by atoms with Gasteiger partial charge in [-0.15, -0.1) is 0 Å². The van der Waals surface area contributed by atoms with Crippen LogP contribution in [0.4, 0.5) is 0 Å². The van der Waals surface area contributed by atoms with Crippen LogP contribution in [0.2, 0.25) is 0 Å². The average Bonchev–Trinajstić information content (AvgIpc) is 3.12. The van der Waals surface area contributed by atoms with Crippen molar-refractivity contribution in [3.8, 4) is 5.75 Å². The minimum absolute atomic E-state index is 0.115. The lowest BCUT2D eigenvalue weighted by molar-refractivity contribution is 0.187. The molecule has 1 saturated heterocycles. The van der Waals surface area contributed by atoms with Crippen molar-refractivity contribution in [1.29, 1.82) is 0 Å². The summed E-state index contributed by atoms with van der Waals surface area (Å²) in [6, 6.07) is 8.56. The van der Waals surface area contributed by atoms with Crippen molar-refractivity contribution in [2.45, 2.75) is 57.0 Å². The van der Waals surface area contributed by atoms with E-state index >= 15 is 0 Å². The molecule has 2 fully saturated rings. The molecule has 0 spiro atoms. The molecular formula is C21H33N3O2. The molecule has 3 rings (SSSR count). The second-order valence-corrected chi connectivity index (χ2v) is 7.63. The van der Waals surface area contributed by atoms with Gasteiger partial charge in [-0.25, -0.2) is 0 Å². The number of aliphatic hydroxyl groups is 1. The van der Waals surface area contributed by atoms with Crippen LogP contribution in [0.15, 0.2) is 29.3 Å². The maximum Gasteiger partial charge on any atom is 0.194 e. The average molecular weight is 360 g/mol. The molecule has 0 radical (unpaired) electrons. The Hall–Kier alpha value is -1.75. The van der Waals surface area contributed by atoms with Gasteiger partial charge in [-0.3, -0.25) is 4.99 Å². The third kappa shape index (κ3) is 4.32. The Labute approximate surface area is 157 Å². The molecule has 1 aliphatic carbocycles. The van der Waals surface area contributed by atoms with Crippen molar-refractivity contribution in [2.24, 2.45) is 4.99 Å². The predicted molar refractivity (Wildman–Crippen MR) is 106 cm³/mol. The number of likely N-dealkylation sites (tertiary alicyclic amines) is 1. The lowest BCUT2D eigenvalue weighted by Gasteiger charge is -2.37. The van der Waals surface area contributed by atoms with Crippen LogP contribution in [-0.4, -0.2) is 55.4 Å². The number of nitrogens with one attached hydrogen (secondary N) is 1. The van der Waals surface area contributed by atoms with Gasteiger partial charge in [0.25, 0.3) is 0 Å². The molecule has 2 N–H and O–H groups in total. The Morgan fingerprint density at radius 1 is 1.27 bits per heavy atom. The van der Waals surface area contributed by atoms with Gasteiger partial charge in [0.15, 0.2) is 5.96 Å². The van der Waals surface area contributed by atoms with Gasteiger partial charge in [0.05, 0.1) is 19.8 Å². The summed E-state index contributed by atoms with van der Waals surface area (Å²) in [5, 5.41) is 13.3. The van der Waals surface area contributed by atoms with Crippen LogP contribution in [0.5, 0.6) is 5.75 Å². The predicted octanol–water partition coefficient (Wildman–Crippen LogP) is 2.93. The Morgan fingerprint density at radius 3 is 2.58 bits per heavy atom. The van der Waals surface area contributed by atoms with E-state index < -0.39 is 0 Å². The van der Waals surface area contributed by atoms with Gasteiger partial charge in [0.2, 0.25) is 0 Å². The third-order valence-corrected chi connectivity index (χ3v) is 5.84. The Bertz CT molecular complexity index is 594. The number of β-amino-alcohol motifs (C(OH)–C–C–N with tert-alkyl or cyclic N) is 1. The number of methoxy groups -OCH3 is 1. The van der Waals surface area contributed by atoms with E-state index in [9.17, 15) is 5.11 Å². The molecule has 1 aliphatic heterocycles. The number of nitrogens with zero attached hydrogens (tertiary/aromatic N) is 2. The van der Waals surface area contributed by atoms with Gasteiger partial charge in [-0.2, -0.15) is 0 Å².